The second-order valence-corrected chi connectivity index (χ2v) is 4.86. The van der Waals surface area contributed by atoms with Crippen LogP contribution in [0.3, 0.4) is 0 Å². The summed E-state index contributed by atoms with van der Waals surface area (Å²) in [5.41, 5.74) is 1.20. The maximum Gasteiger partial charge on any atom is 0.236 e. The Hall–Kier alpha value is -1.88. The van der Waals surface area contributed by atoms with E-state index in [0.29, 0.717) is 17.7 Å². The van der Waals surface area contributed by atoms with Crippen molar-refractivity contribution in [1.29, 1.82) is 0 Å². The van der Waals surface area contributed by atoms with Crippen LogP contribution in [0.25, 0.3) is 0 Å². The SMILES string of the molecule is CC(=O)c1ccc(O)c(CN(C)CC(=O)N(C)C)c1. The van der Waals surface area contributed by atoms with Crippen LogP contribution in [0.2, 0.25) is 0 Å². The van der Waals surface area contributed by atoms with Gasteiger partial charge >= 0.3 is 0 Å². The van der Waals surface area contributed by atoms with Gasteiger partial charge in [-0.05, 0) is 32.2 Å². The molecular weight excluding hydrogens is 244 g/mol. The van der Waals surface area contributed by atoms with Crippen molar-refractivity contribution in [2.45, 2.75) is 13.5 Å². The fourth-order valence-corrected chi connectivity index (χ4v) is 1.65. The zero-order valence-corrected chi connectivity index (χ0v) is 11.8. The van der Waals surface area contributed by atoms with Crippen molar-refractivity contribution < 1.29 is 14.7 Å². The molecule has 0 unspecified atom stereocenters. The molecule has 0 atom stereocenters. The standard InChI is InChI=1S/C14H20N2O3/c1-10(17)11-5-6-13(18)12(7-11)8-16(4)9-14(19)15(2)3/h5-7,18H,8-9H2,1-4H3. The van der Waals surface area contributed by atoms with Crippen molar-refractivity contribution in [2.24, 2.45) is 0 Å². The molecule has 5 nitrogen and oxygen atoms in total. The topological polar surface area (TPSA) is 60.9 Å². The quantitative estimate of drug-likeness (QED) is 0.809. The number of likely N-dealkylation sites (N-methyl/N-ethyl adjacent to an activating group) is 2. The Morgan fingerprint density at radius 1 is 1.21 bits per heavy atom. The minimum atomic E-state index is -0.0479. The van der Waals surface area contributed by atoms with Gasteiger partial charge < -0.3 is 10.0 Å². The molecule has 0 saturated carbocycles. The molecule has 1 aromatic rings. The van der Waals surface area contributed by atoms with Crippen molar-refractivity contribution in [3.63, 3.8) is 0 Å². The molecule has 0 spiro atoms. The smallest absolute Gasteiger partial charge is 0.236 e. The van der Waals surface area contributed by atoms with Gasteiger partial charge in [0, 0.05) is 31.8 Å². The number of ketones is 1. The van der Waals surface area contributed by atoms with Gasteiger partial charge in [0.05, 0.1) is 6.54 Å². The van der Waals surface area contributed by atoms with Gasteiger partial charge in [-0.3, -0.25) is 14.5 Å². The number of benzene rings is 1. The summed E-state index contributed by atoms with van der Waals surface area (Å²) >= 11 is 0. The van der Waals surface area contributed by atoms with E-state index in [0.717, 1.165) is 0 Å². The molecule has 0 aliphatic carbocycles. The van der Waals surface area contributed by atoms with Crippen molar-refractivity contribution in [3.8, 4) is 5.75 Å². The number of phenolic OH excluding ortho intramolecular Hbond substituents is 1. The highest BCUT2D eigenvalue weighted by molar-refractivity contribution is 5.94. The zero-order valence-electron chi connectivity index (χ0n) is 11.8. The van der Waals surface area contributed by atoms with Crippen molar-refractivity contribution in [3.05, 3.63) is 29.3 Å². The summed E-state index contributed by atoms with van der Waals surface area (Å²) in [5, 5.41) is 9.78. The van der Waals surface area contributed by atoms with E-state index in [-0.39, 0.29) is 24.0 Å². The lowest BCUT2D eigenvalue weighted by molar-refractivity contribution is -0.129. The lowest BCUT2D eigenvalue weighted by atomic mass is 10.1. The van der Waals surface area contributed by atoms with Gasteiger partial charge in [0.1, 0.15) is 5.75 Å². The predicted molar refractivity (Wildman–Crippen MR) is 73.1 cm³/mol. The molecule has 0 aliphatic heterocycles. The summed E-state index contributed by atoms with van der Waals surface area (Å²) in [7, 11) is 5.19. The second-order valence-electron chi connectivity index (χ2n) is 4.86. The minimum Gasteiger partial charge on any atom is -0.508 e. The summed E-state index contributed by atoms with van der Waals surface area (Å²) in [6.45, 7) is 2.15. The molecule has 104 valence electrons. The molecule has 19 heavy (non-hydrogen) atoms. The van der Waals surface area contributed by atoms with Crippen molar-refractivity contribution in [2.75, 3.05) is 27.7 Å². The molecule has 1 rings (SSSR count). The third kappa shape index (κ3) is 4.37. The molecule has 1 aromatic carbocycles. The third-order valence-electron chi connectivity index (χ3n) is 2.83. The molecule has 0 aliphatic rings. The number of hydrogen-bond acceptors (Lipinski definition) is 4. The highest BCUT2D eigenvalue weighted by Gasteiger charge is 2.12. The number of carbonyl (C=O) groups excluding carboxylic acids is 2. The average molecular weight is 264 g/mol. The van der Waals surface area contributed by atoms with Gasteiger partial charge in [-0.15, -0.1) is 0 Å². The average Bonchev–Trinajstić information content (AvgIpc) is 2.31. The summed E-state index contributed by atoms with van der Waals surface area (Å²) < 4.78 is 0. The molecule has 0 bridgehead atoms. The fourth-order valence-electron chi connectivity index (χ4n) is 1.65. The van der Waals surface area contributed by atoms with E-state index in [2.05, 4.69) is 0 Å². The van der Waals surface area contributed by atoms with Crippen LogP contribution in [0.5, 0.6) is 5.75 Å². The van der Waals surface area contributed by atoms with E-state index in [1.54, 1.807) is 38.2 Å². The van der Waals surface area contributed by atoms with Crippen LogP contribution in [0.1, 0.15) is 22.8 Å². The monoisotopic (exact) mass is 264 g/mol. The Morgan fingerprint density at radius 3 is 2.37 bits per heavy atom. The van der Waals surface area contributed by atoms with Gasteiger partial charge in [-0.25, -0.2) is 0 Å². The highest BCUT2D eigenvalue weighted by Crippen LogP contribution is 2.20. The van der Waals surface area contributed by atoms with Crippen LogP contribution in [-0.2, 0) is 11.3 Å². The van der Waals surface area contributed by atoms with Crippen LogP contribution >= 0.6 is 0 Å². The number of carbonyl (C=O) groups is 2. The number of nitrogens with zero attached hydrogens (tertiary/aromatic N) is 2. The lowest BCUT2D eigenvalue weighted by Crippen LogP contribution is -2.34. The minimum absolute atomic E-state index is 0.00953. The molecular formula is C14H20N2O3. The number of rotatable bonds is 5. The first-order valence-electron chi connectivity index (χ1n) is 6.02. The number of phenols is 1. The first-order valence-corrected chi connectivity index (χ1v) is 6.02. The second kappa shape index (κ2) is 6.33. The largest absolute Gasteiger partial charge is 0.508 e. The molecule has 1 N–H and O–H groups in total. The molecule has 5 heteroatoms. The fraction of sp³-hybridized carbons (Fsp3) is 0.429. The predicted octanol–water partition coefficient (Wildman–Crippen LogP) is 1.11. The molecule has 0 radical (unpaired) electrons. The van der Waals surface area contributed by atoms with Crippen molar-refractivity contribution >= 4 is 11.7 Å². The van der Waals surface area contributed by atoms with Gasteiger partial charge in [0.25, 0.3) is 0 Å². The van der Waals surface area contributed by atoms with Gasteiger partial charge in [-0.2, -0.15) is 0 Å². The van der Waals surface area contributed by atoms with Crippen LogP contribution in [0.4, 0.5) is 0 Å². The third-order valence-corrected chi connectivity index (χ3v) is 2.83. The molecule has 0 aromatic heterocycles. The van der Waals surface area contributed by atoms with E-state index in [1.807, 2.05) is 0 Å². The van der Waals surface area contributed by atoms with Crippen LogP contribution in [-0.4, -0.2) is 54.3 Å². The van der Waals surface area contributed by atoms with Crippen LogP contribution in [0.15, 0.2) is 18.2 Å². The van der Waals surface area contributed by atoms with Gasteiger partial charge in [0.2, 0.25) is 5.91 Å². The van der Waals surface area contributed by atoms with E-state index >= 15 is 0 Å². The summed E-state index contributed by atoms with van der Waals surface area (Å²) in [5.74, 6) is 0.0761. The number of Topliss-reactive ketones (excluding diaryl/α,β-unsaturated/α-hetero) is 1. The zero-order chi connectivity index (χ0) is 14.6. The first kappa shape index (κ1) is 15.2. The van der Waals surface area contributed by atoms with Crippen LogP contribution in [0, 0.1) is 0 Å². The number of aromatic hydroxyl groups is 1. The Balaban J connectivity index is 2.78. The number of hydrogen-bond donors (Lipinski definition) is 1. The first-order chi connectivity index (χ1) is 8.81. The molecule has 1 amide bonds. The molecule has 0 heterocycles. The number of amides is 1. The Labute approximate surface area is 113 Å². The summed E-state index contributed by atoms with van der Waals surface area (Å²) in [6, 6.07) is 4.76. The van der Waals surface area contributed by atoms with E-state index in [4.69, 9.17) is 0 Å². The lowest BCUT2D eigenvalue weighted by Gasteiger charge is -2.19. The highest BCUT2D eigenvalue weighted by atomic mass is 16.3. The normalized spacial score (nSPS) is 10.6. The summed E-state index contributed by atoms with van der Waals surface area (Å²) in [6.07, 6.45) is 0. The maximum absolute atomic E-state index is 11.6. The van der Waals surface area contributed by atoms with E-state index in [1.165, 1.54) is 17.9 Å². The van der Waals surface area contributed by atoms with Gasteiger partial charge in [-0.1, -0.05) is 0 Å². The summed E-state index contributed by atoms with van der Waals surface area (Å²) in [4.78, 5) is 26.2. The Bertz CT molecular complexity index is 484. The molecule has 0 fully saturated rings. The molecule has 0 saturated heterocycles. The Kier molecular flexibility index (Phi) is 5.06. The van der Waals surface area contributed by atoms with Crippen LogP contribution < -0.4 is 0 Å². The van der Waals surface area contributed by atoms with Gasteiger partial charge in [0.15, 0.2) is 5.78 Å². The van der Waals surface area contributed by atoms with Crippen molar-refractivity contribution in [1.82, 2.24) is 9.80 Å². The maximum atomic E-state index is 11.6. The van der Waals surface area contributed by atoms with E-state index in [9.17, 15) is 14.7 Å². The van der Waals surface area contributed by atoms with E-state index < -0.39 is 0 Å². The Morgan fingerprint density at radius 2 is 1.84 bits per heavy atom.